The van der Waals surface area contributed by atoms with Gasteiger partial charge in [-0.1, -0.05) is 30.2 Å². The molecule has 1 amide bonds. The maximum atomic E-state index is 12.0. The molecule has 1 aliphatic rings. The van der Waals surface area contributed by atoms with E-state index in [2.05, 4.69) is 11.4 Å². The summed E-state index contributed by atoms with van der Waals surface area (Å²) in [5, 5.41) is 11.9. The van der Waals surface area contributed by atoms with Crippen LogP contribution < -0.4 is 5.32 Å². The Bertz CT molecular complexity index is 518. The van der Waals surface area contributed by atoms with Crippen molar-refractivity contribution < 1.29 is 14.7 Å². The predicted molar refractivity (Wildman–Crippen MR) is 71.7 cm³/mol. The second-order valence-electron chi connectivity index (χ2n) is 5.35. The van der Waals surface area contributed by atoms with Gasteiger partial charge in [0.25, 0.3) is 0 Å². The summed E-state index contributed by atoms with van der Waals surface area (Å²) in [5.74, 6) is -1.36. The van der Waals surface area contributed by atoms with Crippen molar-refractivity contribution in [1.29, 1.82) is 0 Å². The summed E-state index contributed by atoms with van der Waals surface area (Å²) in [5.41, 5.74) is 2.13. The number of carboxylic acid groups (broad SMARTS) is 1. The molecule has 19 heavy (non-hydrogen) atoms. The number of hydrogen-bond donors (Lipinski definition) is 2. The van der Waals surface area contributed by atoms with Crippen LogP contribution in [0.2, 0.25) is 0 Å². The summed E-state index contributed by atoms with van der Waals surface area (Å²) >= 11 is 0. The second-order valence-corrected chi connectivity index (χ2v) is 5.35. The lowest BCUT2D eigenvalue weighted by atomic mass is 9.68. The molecule has 0 radical (unpaired) electrons. The molecule has 102 valence electrons. The van der Waals surface area contributed by atoms with E-state index in [1.807, 2.05) is 26.0 Å². The van der Waals surface area contributed by atoms with Crippen molar-refractivity contribution in [2.45, 2.75) is 39.7 Å². The molecule has 0 unspecified atom stereocenters. The van der Waals surface area contributed by atoms with Crippen molar-refractivity contribution >= 4 is 11.9 Å². The van der Waals surface area contributed by atoms with Crippen LogP contribution in [-0.4, -0.2) is 17.0 Å². The van der Waals surface area contributed by atoms with Gasteiger partial charge in [0.1, 0.15) is 5.41 Å². The lowest BCUT2D eigenvalue weighted by Crippen LogP contribution is -2.50. The summed E-state index contributed by atoms with van der Waals surface area (Å²) < 4.78 is 0. The molecule has 4 heteroatoms. The first kappa shape index (κ1) is 13.6. The molecule has 1 fully saturated rings. The summed E-state index contributed by atoms with van der Waals surface area (Å²) in [6.45, 7) is 4.40. The van der Waals surface area contributed by atoms with Gasteiger partial charge in [-0.2, -0.15) is 0 Å². The van der Waals surface area contributed by atoms with Crippen LogP contribution in [0.4, 0.5) is 0 Å². The molecule has 1 saturated carbocycles. The zero-order chi connectivity index (χ0) is 14.0. The Balaban J connectivity index is 2.02. The van der Waals surface area contributed by atoms with Gasteiger partial charge in [0, 0.05) is 6.54 Å². The Hall–Kier alpha value is -1.84. The van der Waals surface area contributed by atoms with E-state index in [-0.39, 0.29) is 5.91 Å². The number of hydrogen-bond acceptors (Lipinski definition) is 2. The maximum absolute atomic E-state index is 12.0. The Labute approximate surface area is 112 Å². The Morgan fingerprint density at radius 1 is 1.32 bits per heavy atom. The molecule has 1 aromatic rings. The number of rotatable bonds is 4. The quantitative estimate of drug-likeness (QED) is 0.816. The first-order valence-electron chi connectivity index (χ1n) is 6.53. The number of carboxylic acids is 1. The normalized spacial score (nSPS) is 16.5. The standard InChI is InChI=1S/C15H19NO3/c1-10-4-5-12(11(2)8-10)9-16-13(17)15(14(18)19)6-3-7-15/h4-5,8H,3,6-7,9H2,1-2H3,(H,16,17)(H,18,19). The number of amides is 1. The summed E-state index contributed by atoms with van der Waals surface area (Å²) in [7, 11) is 0. The van der Waals surface area contributed by atoms with E-state index in [1.54, 1.807) is 0 Å². The van der Waals surface area contributed by atoms with Gasteiger partial charge in [0.05, 0.1) is 0 Å². The molecule has 1 aromatic carbocycles. The first-order chi connectivity index (χ1) is 8.95. The Kier molecular flexibility index (Phi) is 3.60. The van der Waals surface area contributed by atoms with Gasteiger partial charge in [-0.05, 0) is 37.8 Å². The maximum Gasteiger partial charge on any atom is 0.319 e. The van der Waals surface area contributed by atoms with Gasteiger partial charge in [0.15, 0.2) is 0 Å². The molecule has 0 spiro atoms. The first-order valence-corrected chi connectivity index (χ1v) is 6.53. The van der Waals surface area contributed by atoms with Crippen molar-refractivity contribution in [3.05, 3.63) is 34.9 Å². The number of nitrogens with one attached hydrogen (secondary N) is 1. The molecule has 0 atom stereocenters. The third-order valence-corrected chi connectivity index (χ3v) is 3.99. The predicted octanol–water partition coefficient (Wildman–Crippen LogP) is 2.17. The summed E-state index contributed by atoms with van der Waals surface area (Å²) in [4.78, 5) is 23.3. The minimum Gasteiger partial charge on any atom is -0.480 e. The van der Waals surface area contributed by atoms with E-state index in [1.165, 1.54) is 5.56 Å². The average Bonchev–Trinajstić information content (AvgIpc) is 2.25. The van der Waals surface area contributed by atoms with Gasteiger partial charge in [0.2, 0.25) is 5.91 Å². The van der Waals surface area contributed by atoms with Crippen molar-refractivity contribution in [2.24, 2.45) is 5.41 Å². The van der Waals surface area contributed by atoms with Crippen molar-refractivity contribution in [3.63, 3.8) is 0 Å². The third-order valence-electron chi connectivity index (χ3n) is 3.99. The summed E-state index contributed by atoms with van der Waals surface area (Å²) in [6, 6.07) is 6.02. The molecule has 0 heterocycles. The van der Waals surface area contributed by atoms with E-state index in [9.17, 15) is 14.7 Å². The smallest absolute Gasteiger partial charge is 0.319 e. The van der Waals surface area contributed by atoms with Gasteiger partial charge in [-0.3, -0.25) is 9.59 Å². The minimum absolute atomic E-state index is 0.355. The minimum atomic E-state index is -1.18. The van der Waals surface area contributed by atoms with Crippen molar-refractivity contribution in [2.75, 3.05) is 0 Å². The lowest BCUT2D eigenvalue weighted by Gasteiger charge is -2.35. The molecular weight excluding hydrogens is 242 g/mol. The molecule has 0 aromatic heterocycles. The Morgan fingerprint density at radius 3 is 2.47 bits per heavy atom. The summed E-state index contributed by atoms with van der Waals surface area (Å²) in [6.07, 6.45) is 1.70. The fourth-order valence-corrected chi connectivity index (χ4v) is 2.46. The zero-order valence-corrected chi connectivity index (χ0v) is 11.3. The van der Waals surface area contributed by atoms with Crippen LogP contribution in [0.25, 0.3) is 0 Å². The van der Waals surface area contributed by atoms with Crippen LogP contribution in [0.15, 0.2) is 18.2 Å². The number of aliphatic carboxylic acids is 1. The monoisotopic (exact) mass is 261 g/mol. The third kappa shape index (κ3) is 2.48. The molecule has 1 aliphatic carbocycles. The van der Waals surface area contributed by atoms with Crippen LogP contribution in [0.1, 0.15) is 36.0 Å². The largest absolute Gasteiger partial charge is 0.480 e. The number of aryl methyl sites for hydroxylation is 2. The van der Waals surface area contributed by atoms with Crippen LogP contribution in [0, 0.1) is 19.3 Å². The zero-order valence-electron chi connectivity index (χ0n) is 11.3. The molecule has 0 aliphatic heterocycles. The van der Waals surface area contributed by atoms with Gasteiger partial charge < -0.3 is 10.4 Å². The average molecular weight is 261 g/mol. The van der Waals surface area contributed by atoms with E-state index in [4.69, 9.17) is 0 Å². The molecule has 0 saturated heterocycles. The van der Waals surface area contributed by atoms with Gasteiger partial charge >= 0.3 is 5.97 Å². The number of carbonyl (C=O) groups excluding carboxylic acids is 1. The van der Waals surface area contributed by atoms with E-state index in [0.717, 1.165) is 17.5 Å². The SMILES string of the molecule is Cc1ccc(CNC(=O)C2(C(=O)O)CCC2)c(C)c1. The highest BCUT2D eigenvalue weighted by Crippen LogP contribution is 2.41. The van der Waals surface area contributed by atoms with E-state index in [0.29, 0.717) is 19.4 Å². The van der Waals surface area contributed by atoms with Crippen molar-refractivity contribution in [1.82, 2.24) is 5.32 Å². The topological polar surface area (TPSA) is 66.4 Å². The van der Waals surface area contributed by atoms with Crippen LogP contribution in [-0.2, 0) is 16.1 Å². The lowest BCUT2D eigenvalue weighted by molar-refractivity contribution is -0.162. The number of carbonyl (C=O) groups is 2. The second kappa shape index (κ2) is 5.03. The molecular formula is C15H19NO3. The molecule has 2 N–H and O–H groups in total. The molecule has 2 rings (SSSR count). The van der Waals surface area contributed by atoms with Crippen LogP contribution in [0.5, 0.6) is 0 Å². The molecule has 4 nitrogen and oxygen atoms in total. The van der Waals surface area contributed by atoms with Crippen molar-refractivity contribution in [3.8, 4) is 0 Å². The molecule has 0 bridgehead atoms. The highest BCUT2D eigenvalue weighted by Gasteiger charge is 2.50. The van der Waals surface area contributed by atoms with Crippen LogP contribution >= 0.6 is 0 Å². The fraction of sp³-hybridized carbons (Fsp3) is 0.467. The Morgan fingerprint density at radius 2 is 2.00 bits per heavy atom. The highest BCUT2D eigenvalue weighted by molar-refractivity contribution is 6.02. The fourth-order valence-electron chi connectivity index (χ4n) is 2.46. The van der Waals surface area contributed by atoms with Gasteiger partial charge in [-0.25, -0.2) is 0 Å². The van der Waals surface area contributed by atoms with E-state index >= 15 is 0 Å². The van der Waals surface area contributed by atoms with Gasteiger partial charge in [-0.15, -0.1) is 0 Å². The highest BCUT2D eigenvalue weighted by atomic mass is 16.4. The van der Waals surface area contributed by atoms with Crippen LogP contribution in [0.3, 0.4) is 0 Å². The number of benzene rings is 1. The van der Waals surface area contributed by atoms with E-state index < -0.39 is 11.4 Å².